The molecule has 0 aromatic rings. The van der Waals surface area contributed by atoms with Crippen LogP contribution in [0.25, 0.3) is 0 Å². The number of hydrogen-bond donors (Lipinski definition) is 0. The lowest BCUT2D eigenvalue weighted by molar-refractivity contribution is -0.112. The van der Waals surface area contributed by atoms with Gasteiger partial charge in [-0.15, -0.1) is 0 Å². The number of carbonyl (C=O) groups is 1. The summed E-state index contributed by atoms with van der Waals surface area (Å²) in [5.41, 5.74) is 2.04. The number of rotatable bonds is 2. The molecule has 0 fully saturated rings. The topological polar surface area (TPSA) is 17.1 Å². The van der Waals surface area contributed by atoms with Crippen LogP contribution in [-0.2, 0) is 4.79 Å². The summed E-state index contributed by atoms with van der Waals surface area (Å²) in [7, 11) is 0. The fourth-order valence-corrected chi connectivity index (χ4v) is 2.03. The molecule has 1 rings (SSSR count). The van der Waals surface area contributed by atoms with Crippen LogP contribution in [0.1, 0.15) is 34.1 Å². The molecule has 1 nitrogen and oxygen atoms in total. The molecule has 76 valence electrons. The summed E-state index contributed by atoms with van der Waals surface area (Å²) >= 11 is 0. The molecule has 0 N–H and O–H groups in total. The Morgan fingerprint density at radius 2 is 2.14 bits per heavy atom. The molecule has 14 heavy (non-hydrogen) atoms. The fourth-order valence-electron chi connectivity index (χ4n) is 2.03. The number of hydrogen-bond acceptors (Lipinski definition) is 1. The van der Waals surface area contributed by atoms with Gasteiger partial charge in [0.25, 0.3) is 0 Å². The molecule has 0 aromatic carbocycles. The van der Waals surface area contributed by atoms with E-state index in [0.717, 1.165) is 12.0 Å². The highest BCUT2D eigenvalue weighted by atomic mass is 16.1. The van der Waals surface area contributed by atoms with Crippen molar-refractivity contribution in [2.24, 2.45) is 5.41 Å². The van der Waals surface area contributed by atoms with Crippen LogP contribution < -0.4 is 0 Å². The molecule has 0 bridgehead atoms. The first-order valence-electron chi connectivity index (χ1n) is 5.04. The summed E-state index contributed by atoms with van der Waals surface area (Å²) in [4.78, 5) is 11.8. The van der Waals surface area contributed by atoms with E-state index in [1.165, 1.54) is 5.57 Å². The third-order valence-corrected chi connectivity index (χ3v) is 2.59. The molecule has 0 unspecified atom stereocenters. The van der Waals surface area contributed by atoms with Gasteiger partial charge in [-0.3, -0.25) is 4.79 Å². The molecule has 0 radical (unpaired) electrons. The van der Waals surface area contributed by atoms with E-state index in [1.807, 2.05) is 13.8 Å². The van der Waals surface area contributed by atoms with E-state index in [2.05, 4.69) is 26.0 Å². The normalized spacial score (nSPS) is 20.6. The molecule has 0 heterocycles. The molecule has 0 aliphatic heterocycles. The minimum Gasteiger partial charge on any atom is -0.290 e. The molecular formula is C13H18O. The highest BCUT2D eigenvalue weighted by molar-refractivity contribution is 6.05. The van der Waals surface area contributed by atoms with Crippen molar-refractivity contribution < 1.29 is 4.79 Å². The monoisotopic (exact) mass is 190 g/mol. The number of carbonyl (C=O) groups excluding carboxylic acids is 1. The maximum atomic E-state index is 11.8. The molecular weight excluding hydrogens is 172 g/mol. The minimum absolute atomic E-state index is 0.112. The van der Waals surface area contributed by atoms with E-state index in [9.17, 15) is 4.79 Å². The maximum Gasteiger partial charge on any atom is 0.182 e. The molecule has 0 aromatic heterocycles. The second-order valence-corrected chi connectivity index (χ2v) is 4.35. The molecule has 1 aliphatic carbocycles. The zero-order valence-electron chi connectivity index (χ0n) is 9.42. The minimum atomic E-state index is -0.112. The van der Waals surface area contributed by atoms with Crippen LogP contribution in [0.5, 0.6) is 0 Å². The molecule has 0 saturated heterocycles. The number of ketones is 1. The second-order valence-electron chi connectivity index (χ2n) is 4.35. The average Bonchev–Trinajstić information content (AvgIpc) is 2.02. The predicted molar refractivity (Wildman–Crippen MR) is 60.1 cm³/mol. The first-order chi connectivity index (χ1) is 6.49. The summed E-state index contributed by atoms with van der Waals surface area (Å²) in [6, 6.07) is 0. The van der Waals surface area contributed by atoms with Crippen molar-refractivity contribution in [2.45, 2.75) is 34.1 Å². The van der Waals surface area contributed by atoms with Crippen LogP contribution in [-0.4, -0.2) is 5.78 Å². The number of allylic oxidation sites excluding steroid dienone is 6. The van der Waals surface area contributed by atoms with E-state index in [0.29, 0.717) is 0 Å². The van der Waals surface area contributed by atoms with Crippen molar-refractivity contribution in [3.05, 3.63) is 35.5 Å². The highest BCUT2D eigenvalue weighted by Gasteiger charge is 2.28. The summed E-state index contributed by atoms with van der Waals surface area (Å²) in [5.74, 6) is 0.152. The van der Waals surface area contributed by atoms with Crippen molar-refractivity contribution in [3.8, 4) is 0 Å². The highest BCUT2D eigenvalue weighted by Crippen LogP contribution is 2.36. The SMILES string of the molecule is C/C=C/C(=O)C1=C(C)CC=CC1(C)C. The lowest BCUT2D eigenvalue weighted by Gasteiger charge is -2.28. The Hall–Kier alpha value is -1.11. The van der Waals surface area contributed by atoms with Gasteiger partial charge in [0.2, 0.25) is 0 Å². The first kappa shape index (κ1) is 11.0. The van der Waals surface area contributed by atoms with Crippen molar-refractivity contribution in [2.75, 3.05) is 0 Å². The summed E-state index contributed by atoms with van der Waals surface area (Å²) in [6.07, 6.45) is 8.62. The fraction of sp³-hybridized carbons (Fsp3) is 0.462. The Morgan fingerprint density at radius 3 is 2.64 bits per heavy atom. The second kappa shape index (κ2) is 3.95. The molecule has 0 atom stereocenters. The zero-order chi connectivity index (χ0) is 10.8. The van der Waals surface area contributed by atoms with Gasteiger partial charge in [0.05, 0.1) is 0 Å². The molecule has 0 spiro atoms. The van der Waals surface area contributed by atoms with Crippen LogP contribution in [0.3, 0.4) is 0 Å². The third-order valence-electron chi connectivity index (χ3n) is 2.59. The van der Waals surface area contributed by atoms with Crippen molar-refractivity contribution in [1.82, 2.24) is 0 Å². The third kappa shape index (κ3) is 2.03. The standard InChI is InChI=1S/C13H18O/c1-5-7-11(14)12-10(2)8-6-9-13(12,3)4/h5-7,9H,8H2,1-4H3/b7-5+. The zero-order valence-corrected chi connectivity index (χ0v) is 9.42. The molecule has 1 aliphatic rings. The van der Waals surface area contributed by atoms with Gasteiger partial charge >= 0.3 is 0 Å². The van der Waals surface area contributed by atoms with E-state index >= 15 is 0 Å². The van der Waals surface area contributed by atoms with Crippen molar-refractivity contribution >= 4 is 5.78 Å². The van der Waals surface area contributed by atoms with Gasteiger partial charge in [0.1, 0.15) is 0 Å². The van der Waals surface area contributed by atoms with Gasteiger partial charge in [0, 0.05) is 11.0 Å². The molecule has 0 saturated carbocycles. The van der Waals surface area contributed by atoms with Gasteiger partial charge in [-0.05, 0) is 26.3 Å². The van der Waals surface area contributed by atoms with Gasteiger partial charge in [-0.2, -0.15) is 0 Å². The quantitative estimate of drug-likeness (QED) is 0.481. The summed E-state index contributed by atoms with van der Waals surface area (Å²) in [5, 5.41) is 0. The lowest BCUT2D eigenvalue weighted by Crippen LogP contribution is -2.22. The average molecular weight is 190 g/mol. The smallest absolute Gasteiger partial charge is 0.182 e. The van der Waals surface area contributed by atoms with Crippen molar-refractivity contribution in [1.29, 1.82) is 0 Å². The van der Waals surface area contributed by atoms with Crippen LogP contribution in [0.15, 0.2) is 35.5 Å². The molecule has 1 heteroatoms. The van der Waals surface area contributed by atoms with Crippen LogP contribution in [0.4, 0.5) is 0 Å². The van der Waals surface area contributed by atoms with Gasteiger partial charge in [-0.1, -0.05) is 37.6 Å². The van der Waals surface area contributed by atoms with Crippen LogP contribution in [0, 0.1) is 5.41 Å². The van der Waals surface area contributed by atoms with Crippen LogP contribution in [0.2, 0.25) is 0 Å². The van der Waals surface area contributed by atoms with E-state index in [4.69, 9.17) is 0 Å². The molecule has 0 amide bonds. The summed E-state index contributed by atoms with van der Waals surface area (Å²) in [6.45, 7) is 8.09. The predicted octanol–water partition coefficient (Wildman–Crippen LogP) is 3.43. The Labute approximate surface area is 86.2 Å². The Kier molecular flexibility index (Phi) is 3.10. The maximum absolute atomic E-state index is 11.8. The Balaban J connectivity index is 3.10. The van der Waals surface area contributed by atoms with E-state index in [1.54, 1.807) is 12.2 Å². The van der Waals surface area contributed by atoms with E-state index in [-0.39, 0.29) is 11.2 Å². The first-order valence-corrected chi connectivity index (χ1v) is 5.04. The van der Waals surface area contributed by atoms with Crippen molar-refractivity contribution in [3.63, 3.8) is 0 Å². The van der Waals surface area contributed by atoms with Crippen LogP contribution >= 0.6 is 0 Å². The van der Waals surface area contributed by atoms with Gasteiger partial charge < -0.3 is 0 Å². The Morgan fingerprint density at radius 1 is 1.50 bits per heavy atom. The Bertz CT molecular complexity index is 327. The van der Waals surface area contributed by atoms with Gasteiger partial charge in [-0.25, -0.2) is 0 Å². The largest absolute Gasteiger partial charge is 0.290 e. The van der Waals surface area contributed by atoms with Gasteiger partial charge in [0.15, 0.2) is 5.78 Å². The summed E-state index contributed by atoms with van der Waals surface area (Å²) < 4.78 is 0. The van der Waals surface area contributed by atoms with E-state index < -0.39 is 0 Å². The lowest BCUT2D eigenvalue weighted by atomic mass is 9.75.